The van der Waals surface area contributed by atoms with Crippen molar-refractivity contribution < 1.29 is 13.2 Å². The molecule has 0 atom stereocenters. The van der Waals surface area contributed by atoms with E-state index in [4.69, 9.17) is 0 Å². The molecule has 1 aliphatic heterocycles. The van der Waals surface area contributed by atoms with Crippen molar-refractivity contribution in [2.24, 2.45) is 0 Å². The van der Waals surface area contributed by atoms with Gasteiger partial charge in [-0.05, 0) is 55.7 Å². The number of benzene rings is 2. The molecule has 0 spiro atoms. The Morgan fingerprint density at radius 3 is 2.44 bits per heavy atom. The molecular weight excluding hydrogens is 362 g/mol. The molecule has 1 amide bonds. The summed E-state index contributed by atoms with van der Waals surface area (Å²) < 4.78 is 26.1. The van der Waals surface area contributed by atoms with Crippen LogP contribution in [0.3, 0.4) is 0 Å². The zero-order chi connectivity index (χ0) is 19.6. The van der Waals surface area contributed by atoms with Crippen LogP contribution in [0.25, 0.3) is 0 Å². The monoisotopic (exact) mass is 387 g/mol. The first-order chi connectivity index (χ1) is 12.8. The van der Waals surface area contributed by atoms with Crippen molar-refractivity contribution in [2.45, 2.75) is 24.7 Å². The number of carbonyl (C=O) groups excluding carboxylic acids is 1. The van der Waals surface area contributed by atoms with Gasteiger partial charge < -0.3 is 10.2 Å². The third-order valence-corrected chi connectivity index (χ3v) is 6.74. The van der Waals surface area contributed by atoms with Crippen LogP contribution < -0.4 is 10.2 Å². The molecule has 2 aromatic rings. The first-order valence-electron chi connectivity index (χ1n) is 8.98. The fourth-order valence-corrected chi connectivity index (χ4v) is 4.32. The summed E-state index contributed by atoms with van der Waals surface area (Å²) in [5.74, 6) is -0.330. The van der Waals surface area contributed by atoms with E-state index in [1.165, 1.54) is 33.0 Å². The molecule has 7 heteroatoms. The van der Waals surface area contributed by atoms with Crippen LogP contribution in [0.2, 0.25) is 0 Å². The Labute approximate surface area is 160 Å². The molecule has 0 aliphatic carbocycles. The van der Waals surface area contributed by atoms with E-state index in [2.05, 4.69) is 10.2 Å². The topological polar surface area (TPSA) is 69.7 Å². The van der Waals surface area contributed by atoms with Gasteiger partial charge in [0, 0.05) is 44.1 Å². The maximum Gasteiger partial charge on any atom is 0.255 e. The average Bonchev–Trinajstić information content (AvgIpc) is 3.16. The summed E-state index contributed by atoms with van der Waals surface area (Å²) in [6, 6.07) is 12.5. The number of sulfonamides is 1. The van der Waals surface area contributed by atoms with Gasteiger partial charge in [0.15, 0.2) is 0 Å². The van der Waals surface area contributed by atoms with E-state index in [-0.39, 0.29) is 10.8 Å². The molecule has 27 heavy (non-hydrogen) atoms. The van der Waals surface area contributed by atoms with Crippen LogP contribution in [0.5, 0.6) is 0 Å². The number of anilines is 2. The zero-order valence-electron chi connectivity index (χ0n) is 15.9. The van der Waals surface area contributed by atoms with Gasteiger partial charge in [-0.2, -0.15) is 0 Å². The van der Waals surface area contributed by atoms with E-state index in [0.29, 0.717) is 16.8 Å². The van der Waals surface area contributed by atoms with Crippen LogP contribution in [0, 0.1) is 6.92 Å². The van der Waals surface area contributed by atoms with Crippen LogP contribution in [0.4, 0.5) is 11.4 Å². The maximum atomic E-state index is 12.7. The summed E-state index contributed by atoms with van der Waals surface area (Å²) in [7, 11) is -0.652. The van der Waals surface area contributed by atoms with E-state index in [0.717, 1.165) is 23.1 Å². The smallest absolute Gasteiger partial charge is 0.255 e. The molecular formula is C20H25N3O3S. The molecule has 1 N–H and O–H groups in total. The van der Waals surface area contributed by atoms with Gasteiger partial charge in [-0.15, -0.1) is 0 Å². The number of nitrogens with zero attached hydrogens (tertiary/aromatic N) is 2. The molecule has 0 aromatic heterocycles. The standard InChI is InChI=1S/C20H25N3O3S/c1-15-9-10-16(13-19(15)27(25,26)22(2)3)20(24)21-17-7-6-8-18(14-17)23-11-4-5-12-23/h6-10,13-14H,4-5,11-12H2,1-3H3,(H,21,24). The normalized spacial score (nSPS) is 14.6. The predicted molar refractivity (Wildman–Crippen MR) is 108 cm³/mol. The Bertz CT molecular complexity index is 949. The summed E-state index contributed by atoms with van der Waals surface area (Å²) in [5, 5.41) is 2.88. The van der Waals surface area contributed by atoms with Crippen molar-refractivity contribution in [3.63, 3.8) is 0 Å². The molecule has 1 saturated heterocycles. The summed E-state index contributed by atoms with van der Waals surface area (Å²) in [4.78, 5) is 15.1. The number of aryl methyl sites for hydroxylation is 1. The second-order valence-corrected chi connectivity index (χ2v) is 9.09. The third kappa shape index (κ3) is 4.14. The van der Waals surface area contributed by atoms with Crippen molar-refractivity contribution in [3.8, 4) is 0 Å². The minimum Gasteiger partial charge on any atom is -0.371 e. The third-order valence-electron chi connectivity index (χ3n) is 4.78. The van der Waals surface area contributed by atoms with Gasteiger partial charge in [0.2, 0.25) is 10.0 Å². The molecule has 1 fully saturated rings. The summed E-state index contributed by atoms with van der Waals surface area (Å²) in [6.07, 6.45) is 2.37. The zero-order valence-corrected chi connectivity index (χ0v) is 16.7. The highest BCUT2D eigenvalue weighted by Gasteiger charge is 2.21. The number of hydrogen-bond acceptors (Lipinski definition) is 4. The van der Waals surface area contributed by atoms with Crippen molar-refractivity contribution >= 4 is 27.3 Å². The van der Waals surface area contributed by atoms with Crippen LogP contribution in [0.15, 0.2) is 47.4 Å². The number of nitrogens with one attached hydrogen (secondary N) is 1. The lowest BCUT2D eigenvalue weighted by Crippen LogP contribution is -2.23. The second-order valence-electron chi connectivity index (χ2n) is 6.97. The summed E-state index contributed by atoms with van der Waals surface area (Å²) >= 11 is 0. The van der Waals surface area contributed by atoms with Crippen LogP contribution in [-0.4, -0.2) is 45.8 Å². The fraction of sp³-hybridized carbons (Fsp3) is 0.350. The molecule has 2 aromatic carbocycles. The highest BCUT2D eigenvalue weighted by Crippen LogP contribution is 2.24. The van der Waals surface area contributed by atoms with E-state index in [1.807, 2.05) is 24.3 Å². The van der Waals surface area contributed by atoms with E-state index in [9.17, 15) is 13.2 Å². The average molecular weight is 388 g/mol. The highest BCUT2D eigenvalue weighted by molar-refractivity contribution is 7.89. The maximum absolute atomic E-state index is 12.7. The fourth-order valence-electron chi connectivity index (χ4n) is 3.17. The number of amides is 1. The lowest BCUT2D eigenvalue weighted by atomic mass is 10.1. The predicted octanol–water partition coefficient (Wildman–Crippen LogP) is 3.10. The second kappa shape index (κ2) is 7.70. The number of hydrogen-bond donors (Lipinski definition) is 1. The lowest BCUT2D eigenvalue weighted by Gasteiger charge is -2.18. The van der Waals surface area contributed by atoms with Gasteiger partial charge in [-0.25, -0.2) is 12.7 Å². The van der Waals surface area contributed by atoms with Gasteiger partial charge in [-0.1, -0.05) is 12.1 Å². The minimum absolute atomic E-state index is 0.144. The van der Waals surface area contributed by atoms with Crippen molar-refractivity contribution in [3.05, 3.63) is 53.6 Å². The van der Waals surface area contributed by atoms with Gasteiger partial charge in [0.1, 0.15) is 0 Å². The summed E-state index contributed by atoms with van der Waals surface area (Å²) in [5.41, 5.74) is 2.70. The van der Waals surface area contributed by atoms with Gasteiger partial charge in [0.05, 0.1) is 4.90 Å². The van der Waals surface area contributed by atoms with E-state index in [1.54, 1.807) is 19.1 Å². The number of rotatable bonds is 5. The molecule has 0 radical (unpaired) electrons. The van der Waals surface area contributed by atoms with Crippen molar-refractivity contribution in [1.29, 1.82) is 0 Å². The Morgan fingerprint density at radius 2 is 1.78 bits per heavy atom. The molecule has 0 unspecified atom stereocenters. The van der Waals surface area contributed by atoms with Crippen molar-refractivity contribution in [1.82, 2.24) is 4.31 Å². The van der Waals surface area contributed by atoms with Crippen LogP contribution in [-0.2, 0) is 10.0 Å². The minimum atomic E-state index is -3.61. The van der Waals surface area contributed by atoms with Crippen molar-refractivity contribution in [2.75, 3.05) is 37.4 Å². The van der Waals surface area contributed by atoms with E-state index < -0.39 is 10.0 Å². The highest BCUT2D eigenvalue weighted by atomic mass is 32.2. The molecule has 144 valence electrons. The molecule has 3 rings (SSSR count). The number of carbonyl (C=O) groups is 1. The Balaban J connectivity index is 1.84. The first-order valence-corrected chi connectivity index (χ1v) is 10.4. The largest absolute Gasteiger partial charge is 0.371 e. The van der Waals surface area contributed by atoms with Crippen LogP contribution in [0.1, 0.15) is 28.8 Å². The van der Waals surface area contributed by atoms with E-state index >= 15 is 0 Å². The molecule has 0 saturated carbocycles. The molecule has 0 bridgehead atoms. The lowest BCUT2D eigenvalue weighted by molar-refractivity contribution is 0.102. The molecule has 1 aliphatic rings. The SMILES string of the molecule is Cc1ccc(C(=O)Nc2cccc(N3CCCC3)c2)cc1S(=O)(=O)N(C)C. The Morgan fingerprint density at radius 1 is 1.07 bits per heavy atom. The first kappa shape index (κ1) is 19.4. The van der Waals surface area contributed by atoms with Crippen LogP contribution >= 0.6 is 0 Å². The van der Waals surface area contributed by atoms with Gasteiger partial charge in [0.25, 0.3) is 5.91 Å². The Kier molecular flexibility index (Phi) is 5.53. The Hall–Kier alpha value is -2.38. The molecule has 6 nitrogen and oxygen atoms in total. The quantitative estimate of drug-likeness (QED) is 0.856. The van der Waals surface area contributed by atoms with Gasteiger partial charge >= 0.3 is 0 Å². The molecule has 1 heterocycles. The van der Waals surface area contributed by atoms with Gasteiger partial charge in [-0.3, -0.25) is 4.79 Å². The summed E-state index contributed by atoms with van der Waals surface area (Å²) in [6.45, 7) is 3.78.